The number of carbonyl (C=O) groups excluding carboxylic acids is 1. The molecule has 0 aromatic carbocycles. The fourth-order valence-corrected chi connectivity index (χ4v) is 2.71. The van der Waals surface area contributed by atoms with E-state index in [1.54, 1.807) is 6.92 Å². The van der Waals surface area contributed by atoms with Crippen LogP contribution in [0.4, 0.5) is 4.79 Å². The second kappa shape index (κ2) is 10.2. The SMILES string of the molecule is CCOC(=O)NC(CC([SiH3])(OCC)OCC)OCC. The number of ether oxygens (including phenoxy) is 4. The second-order valence-electron chi connectivity index (χ2n) is 4.01. The Kier molecular flexibility index (Phi) is 9.85. The Bertz CT molecular complexity index is 246. The summed E-state index contributed by atoms with van der Waals surface area (Å²) in [6.07, 6.45) is -0.509. The van der Waals surface area contributed by atoms with E-state index in [2.05, 4.69) is 5.32 Å². The van der Waals surface area contributed by atoms with Gasteiger partial charge in [-0.15, -0.1) is 0 Å². The number of hydrogen-bond acceptors (Lipinski definition) is 5. The molecule has 6 nitrogen and oxygen atoms in total. The van der Waals surface area contributed by atoms with Crippen LogP contribution < -0.4 is 5.32 Å². The molecule has 114 valence electrons. The van der Waals surface area contributed by atoms with Gasteiger partial charge in [-0.05, 0) is 27.7 Å². The number of amides is 1. The first-order valence-corrected chi connectivity index (χ1v) is 7.84. The smallest absolute Gasteiger partial charge is 0.409 e. The van der Waals surface area contributed by atoms with Gasteiger partial charge in [0, 0.05) is 26.2 Å². The summed E-state index contributed by atoms with van der Waals surface area (Å²) in [7, 11) is 0.679. The lowest BCUT2D eigenvalue weighted by molar-refractivity contribution is -0.193. The van der Waals surface area contributed by atoms with E-state index < -0.39 is 17.7 Å². The molecule has 1 N–H and O–H groups in total. The summed E-state index contributed by atoms with van der Waals surface area (Å²) >= 11 is 0. The molecule has 0 spiro atoms. The fourth-order valence-electron chi connectivity index (χ4n) is 1.76. The first kappa shape index (κ1) is 18.4. The van der Waals surface area contributed by atoms with Gasteiger partial charge in [0.05, 0.1) is 16.8 Å². The Morgan fingerprint density at radius 3 is 2.11 bits per heavy atom. The Balaban J connectivity index is 4.54. The van der Waals surface area contributed by atoms with E-state index in [1.165, 1.54) is 0 Å². The molecule has 0 rings (SSSR count). The second-order valence-corrected chi connectivity index (χ2v) is 5.54. The van der Waals surface area contributed by atoms with Crippen molar-refractivity contribution in [3.05, 3.63) is 0 Å². The molecule has 0 aromatic heterocycles. The van der Waals surface area contributed by atoms with E-state index in [1.807, 2.05) is 20.8 Å². The molecule has 0 heterocycles. The highest BCUT2D eigenvalue weighted by molar-refractivity contribution is 6.13. The molecule has 0 fully saturated rings. The van der Waals surface area contributed by atoms with Gasteiger partial charge in [0.25, 0.3) is 0 Å². The maximum absolute atomic E-state index is 11.4. The van der Waals surface area contributed by atoms with E-state index in [9.17, 15) is 4.79 Å². The molecule has 0 aliphatic heterocycles. The van der Waals surface area contributed by atoms with Crippen LogP contribution in [0.1, 0.15) is 34.1 Å². The molecule has 0 aliphatic carbocycles. The third-order valence-corrected chi connectivity index (χ3v) is 3.36. The summed E-state index contributed by atoms with van der Waals surface area (Å²) in [6, 6.07) is 0. The normalized spacial score (nSPS) is 13.3. The zero-order chi connectivity index (χ0) is 14.7. The van der Waals surface area contributed by atoms with Crippen molar-refractivity contribution in [2.75, 3.05) is 26.4 Å². The molecule has 0 radical (unpaired) electrons. The van der Waals surface area contributed by atoms with Crippen molar-refractivity contribution in [3.8, 4) is 0 Å². The van der Waals surface area contributed by atoms with Crippen LogP contribution in [-0.4, -0.2) is 54.4 Å². The minimum atomic E-state index is -0.650. The van der Waals surface area contributed by atoms with Crippen molar-refractivity contribution in [2.24, 2.45) is 0 Å². The number of nitrogens with one attached hydrogen (secondary N) is 1. The predicted octanol–water partition coefficient (Wildman–Crippen LogP) is 0.577. The van der Waals surface area contributed by atoms with Crippen LogP contribution in [0, 0.1) is 0 Å². The van der Waals surface area contributed by atoms with Gasteiger partial charge in [0.1, 0.15) is 11.6 Å². The van der Waals surface area contributed by atoms with E-state index in [0.717, 1.165) is 0 Å². The number of carbonyl (C=O) groups is 1. The third-order valence-electron chi connectivity index (χ3n) is 2.38. The molecule has 7 heteroatoms. The fraction of sp³-hybridized carbons (Fsp3) is 0.917. The molecular weight excluding hydrogens is 266 g/mol. The van der Waals surface area contributed by atoms with Crippen molar-refractivity contribution in [2.45, 2.75) is 45.8 Å². The Hall–Kier alpha value is -0.633. The zero-order valence-electron chi connectivity index (χ0n) is 12.7. The van der Waals surface area contributed by atoms with Gasteiger partial charge < -0.3 is 18.9 Å². The standard InChI is InChI=1S/C12H27NO5Si/c1-5-15-10(13-11(14)16-6-2)9-12(19,17-7-3)18-8-4/h10H,5-9H2,1-4,19H3,(H,13,14). The van der Waals surface area contributed by atoms with Gasteiger partial charge in [0.2, 0.25) is 0 Å². The highest BCUT2D eigenvalue weighted by Crippen LogP contribution is 2.17. The minimum absolute atomic E-state index is 0.327. The molecular formula is C12H27NO5Si. The highest BCUT2D eigenvalue weighted by Gasteiger charge is 2.30. The average molecular weight is 293 g/mol. The molecule has 19 heavy (non-hydrogen) atoms. The van der Waals surface area contributed by atoms with Gasteiger partial charge in [-0.2, -0.15) is 0 Å². The molecule has 0 saturated heterocycles. The van der Waals surface area contributed by atoms with Gasteiger partial charge in [-0.25, -0.2) is 4.79 Å². The molecule has 1 amide bonds. The lowest BCUT2D eigenvalue weighted by Crippen LogP contribution is -2.47. The van der Waals surface area contributed by atoms with Crippen LogP contribution in [0.25, 0.3) is 0 Å². The highest BCUT2D eigenvalue weighted by atomic mass is 28.1. The van der Waals surface area contributed by atoms with Gasteiger partial charge in [-0.3, -0.25) is 5.32 Å². The summed E-state index contributed by atoms with van der Waals surface area (Å²) in [5.74, 6) is 0. The van der Waals surface area contributed by atoms with Crippen LogP contribution in [0.5, 0.6) is 0 Å². The summed E-state index contributed by atoms with van der Waals surface area (Å²) < 4.78 is 21.7. The van der Waals surface area contributed by atoms with E-state index in [4.69, 9.17) is 18.9 Å². The van der Waals surface area contributed by atoms with Crippen molar-refractivity contribution >= 4 is 16.3 Å². The van der Waals surface area contributed by atoms with E-state index in [0.29, 0.717) is 43.1 Å². The van der Waals surface area contributed by atoms with E-state index >= 15 is 0 Å². The molecule has 0 bridgehead atoms. The maximum Gasteiger partial charge on any atom is 0.409 e. The Morgan fingerprint density at radius 1 is 1.11 bits per heavy atom. The Morgan fingerprint density at radius 2 is 1.68 bits per heavy atom. The third kappa shape index (κ3) is 8.20. The molecule has 0 saturated carbocycles. The van der Waals surface area contributed by atoms with Crippen molar-refractivity contribution < 1.29 is 23.7 Å². The predicted molar refractivity (Wildman–Crippen MR) is 76.1 cm³/mol. The molecule has 1 unspecified atom stereocenters. The van der Waals surface area contributed by atoms with Crippen LogP contribution in [0.15, 0.2) is 0 Å². The molecule has 1 atom stereocenters. The van der Waals surface area contributed by atoms with Crippen LogP contribution in [0.2, 0.25) is 0 Å². The first-order valence-electron chi connectivity index (χ1n) is 6.84. The topological polar surface area (TPSA) is 66.0 Å². The summed E-state index contributed by atoms with van der Waals surface area (Å²) in [6.45, 7) is 9.40. The Labute approximate surface area is 118 Å². The van der Waals surface area contributed by atoms with E-state index in [-0.39, 0.29) is 0 Å². The minimum Gasteiger partial charge on any atom is -0.450 e. The zero-order valence-corrected chi connectivity index (χ0v) is 14.7. The van der Waals surface area contributed by atoms with Gasteiger partial charge >= 0.3 is 6.09 Å². The van der Waals surface area contributed by atoms with Crippen LogP contribution >= 0.6 is 0 Å². The lowest BCUT2D eigenvalue weighted by Gasteiger charge is -2.33. The monoisotopic (exact) mass is 293 g/mol. The van der Waals surface area contributed by atoms with Gasteiger partial charge in [-0.1, -0.05) is 0 Å². The van der Waals surface area contributed by atoms with Crippen LogP contribution in [0.3, 0.4) is 0 Å². The molecule has 0 aromatic rings. The van der Waals surface area contributed by atoms with Crippen LogP contribution in [-0.2, 0) is 18.9 Å². The quantitative estimate of drug-likeness (QED) is 0.471. The van der Waals surface area contributed by atoms with Crippen molar-refractivity contribution in [1.82, 2.24) is 5.32 Å². The summed E-state index contributed by atoms with van der Waals surface area (Å²) in [4.78, 5) is 11.4. The number of hydrogen-bond donors (Lipinski definition) is 1. The largest absolute Gasteiger partial charge is 0.450 e. The van der Waals surface area contributed by atoms with Gasteiger partial charge in [0.15, 0.2) is 0 Å². The summed E-state index contributed by atoms with van der Waals surface area (Å²) in [5, 5.41) is 2.67. The molecule has 0 aliphatic rings. The lowest BCUT2D eigenvalue weighted by atomic mass is 10.3. The number of alkyl carbamates (subject to hydrolysis) is 1. The first-order chi connectivity index (χ1) is 9.01. The van der Waals surface area contributed by atoms with Crippen molar-refractivity contribution in [3.63, 3.8) is 0 Å². The average Bonchev–Trinajstić information content (AvgIpc) is 2.29. The maximum atomic E-state index is 11.4. The van der Waals surface area contributed by atoms with Crippen molar-refractivity contribution in [1.29, 1.82) is 0 Å². The summed E-state index contributed by atoms with van der Waals surface area (Å²) in [5.41, 5.74) is -0.650. The number of rotatable bonds is 10.